The second kappa shape index (κ2) is 5.34. The first-order valence-corrected chi connectivity index (χ1v) is 5.40. The Labute approximate surface area is 104 Å². The molecule has 0 unspecified atom stereocenters. The predicted octanol–water partition coefficient (Wildman–Crippen LogP) is 4.21. The van der Waals surface area contributed by atoms with Crippen LogP contribution >= 0.6 is 11.6 Å². The molecule has 0 saturated heterocycles. The molecule has 4 nitrogen and oxygen atoms in total. The van der Waals surface area contributed by atoms with Crippen molar-refractivity contribution in [2.75, 3.05) is 0 Å². The molecule has 0 amide bonds. The lowest BCUT2D eigenvalue weighted by Crippen LogP contribution is -1.91. The van der Waals surface area contributed by atoms with Gasteiger partial charge in [0.2, 0.25) is 0 Å². The van der Waals surface area contributed by atoms with Crippen LogP contribution in [0.1, 0.15) is 5.56 Å². The first kappa shape index (κ1) is 11.5. The van der Waals surface area contributed by atoms with Crippen molar-refractivity contribution in [2.45, 2.75) is 6.54 Å². The van der Waals surface area contributed by atoms with Crippen LogP contribution in [0.4, 0.5) is 0 Å². The highest BCUT2D eigenvalue weighted by Gasteiger charge is 2.08. The average Bonchev–Trinajstić information content (AvgIpc) is 2.38. The Morgan fingerprint density at radius 2 is 2.00 bits per heavy atom. The van der Waals surface area contributed by atoms with Gasteiger partial charge < -0.3 is 0 Å². The Hall–Kier alpha value is -2.03. The highest BCUT2D eigenvalue weighted by atomic mass is 35.5. The van der Waals surface area contributed by atoms with Gasteiger partial charge in [-0.3, -0.25) is 0 Å². The van der Waals surface area contributed by atoms with Crippen LogP contribution in [0.2, 0.25) is 5.15 Å². The molecule has 0 N–H and O–H groups in total. The summed E-state index contributed by atoms with van der Waals surface area (Å²) in [5.74, 6) is 0. The number of hydrogen-bond acceptors (Lipinski definition) is 2. The lowest BCUT2D eigenvalue weighted by molar-refractivity contribution is 1.03. The van der Waals surface area contributed by atoms with Crippen LogP contribution in [-0.2, 0) is 6.54 Å². The fourth-order valence-electron chi connectivity index (χ4n) is 1.61. The molecule has 0 fully saturated rings. The molecule has 2 rings (SSSR count). The summed E-state index contributed by atoms with van der Waals surface area (Å²) in [6.07, 6.45) is 1.64. The number of halogens is 1. The first-order chi connectivity index (χ1) is 8.33. The Bertz CT molecular complexity index is 562. The third-order valence-corrected chi connectivity index (χ3v) is 2.71. The molecule has 0 spiro atoms. The Balaban J connectivity index is 2.53. The van der Waals surface area contributed by atoms with E-state index in [9.17, 15) is 0 Å². The number of hydrogen-bond donors (Lipinski definition) is 0. The minimum absolute atomic E-state index is 0.202. The fraction of sp³-hybridized carbons (Fsp3) is 0.0833. The molecular weight excluding hydrogens is 236 g/mol. The van der Waals surface area contributed by atoms with E-state index in [1.54, 1.807) is 6.20 Å². The normalized spacial score (nSPS) is 9.71. The minimum Gasteiger partial charge on any atom is -0.244 e. The Morgan fingerprint density at radius 3 is 2.71 bits per heavy atom. The van der Waals surface area contributed by atoms with Crippen molar-refractivity contribution in [3.05, 3.63) is 63.8 Å². The molecule has 0 aliphatic heterocycles. The summed E-state index contributed by atoms with van der Waals surface area (Å²) in [4.78, 5) is 6.75. The molecule has 1 aromatic carbocycles. The van der Waals surface area contributed by atoms with Gasteiger partial charge in [0.15, 0.2) is 0 Å². The Kier molecular flexibility index (Phi) is 3.60. The van der Waals surface area contributed by atoms with Gasteiger partial charge in [0.05, 0.1) is 6.54 Å². The van der Waals surface area contributed by atoms with E-state index in [4.69, 9.17) is 17.1 Å². The van der Waals surface area contributed by atoms with E-state index < -0.39 is 0 Å². The Morgan fingerprint density at radius 1 is 1.24 bits per heavy atom. The molecule has 0 bridgehead atoms. The molecule has 0 atom stereocenters. The summed E-state index contributed by atoms with van der Waals surface area (Å²) < 4.78 is 0. The van der Waals surface area contributed by atoms with E-state index in [0.29, 0.717) is 5.15 Å². The third-order valence-electron chi connectivity index (χ3n) is 2.38. The van der Waals surface area contributed by atoms with Gasteiger partial charge in [-0.2, -0.15) is 0 Å². The molecule has 1 heterocycles. The van der Waals surface area contributed by atoms with Crippen molar-refractivity contribution in [3.63, 3.8) is 0 Å². The molecule has 2 aromatic rings. The van der Waals surface area contributed by atoms with Crippen LogP contribution in [0, 0.1) is 0 Å². The van der Waals surface area contributed by atoms with Gasteiger partial charge in [0, 0.05) is 16.7 Å². The molecule has 0 aliphatic carbocycles. The number of aromatic nitrogens is 1. The maximum absolute atomic E-state index is 8.37. The number of rotatable bonds is 3. The van der Waals surface area contributed by atoms with Crippen molar-refractivity contribution < 1.29 is 0 Å². The summed E-state index contributed by atoms with van der Waals surface area (Å²) in [6, 6.07) is 11.7. The van der Waals surface area contributed by atoms with Crippen LogP contribution < -0.4 is 0 Å². The summed E-state index contributed by atoms with van der Waals surface area (Å²) in [5.41, 5.74) is 11.1. The molecule has 1 aromatic heterocycles. The average molecular weight is 245 g/mol. The van der Waals surface area contributed by atoms with E-state index in [0.717, 1.165) is 16.7 Å². The molecule has 5 heteroatoms. The van der Waals surface area contributed by atoms with E-state index >= 15 is 0 Å². The molecule has 17 heavy (non-hydrogen) atoms. The third kappa shape index (κ3) is 2.56. The zero-order valence-corrected chi connectivity index (χ0v) is 9.67. The van der Waals surface area contributed by atoms with Crippen LogP contribution in [-0.4, -0.2) is 4.98 Å². The number of pyridine rings is 1. The highest BCUT2D eigenvalue weighted by Crippen LogP contribution is 2.28. The monoisotopic (exact) mass is 244 g/mol. The van der Waals surface area contributed by atoms with Crippen LogP contribution in [0.5, 0.6) is 0 Å². The van der Waals surface area contributed by atoms with Crippen molar-refractivity contribution >= 4 is 11.6 Å². The van der Waals surface area contributed by atoms with Gasteiger partial charge in [0.25, 0.3) is 0 Å². The molecule has 0 radical (unpaired) electrons. The standard InChI is InChI=1S/C12H9ClN4/c13-12-11(8-16-17-14)10(6-7-15-12)9-4-2-1-3-5-9/h1-7H,8H2. The minimum atomic E-state index is 0.202. The predicted molar refractivity (Wildman–Crippen MR) is 67.5 cm³/mol. The van der Waals surface area contributed by atoms with Gasteiger partial charge in [-0.25, -0.2) is 4.98 Å². The molecular formula is C12H9ClN4. The number of benzene rings is 1. The van der Waals surface area contributed by atoms with Gasteiger partial charge in [0.1, 0.15) is 5.15 Å². The SMILES string of the molecule is [N-]=[N+]=NCc1c(-c2ccccc2)ccnc1Cl. The highest BCUT2D eigenvalue weighted by molar-refractivity contribution is 6.30. The van der Waals surface area contributed by atoms with E-state index in [1.165, 1.54) is 0 Å². The van der Waals surface area contributed by atoms with E-state index in [-0.39, 0.29) is 6.54 Å². The lowest BCUT2D eigenvalue weighted by atomic mass is 10.0. The van der Waals surface area contributed by atoms with Crippen molar-refractivity contribution in [3.8, 4) is 11.1 Å². The van der Waals surface area contributed by atoms with Crippen molar-refractivity contribution in [1.29, 1.82) is 0 Å². The zero-order chi connectivity index (χ0) is 12.1. The van der Waals surface area contributed by atoms with Gasteiger partial charge in [-0.1, -0.05) is 47.0 Å². The lowest BCUT2D eigenvalue weighted by Gasteiger charge is -2.08. The quantitative estimate of drug-likeness (QED) is 0.345. The van der Waals surface area contributed by atoms with Crippen LogP contribution in [0.25, 0.3) is 21.6 Å². The van der Waals surface area contributed by atoms with Gasteiger partial charge >= 0.3 is 0 Å². The second-order valence-electron chi connectivity index (χ2n) is 3.38. The maximum Gasteiger partial charge on any atom is 0.132 e. The summed E-state index contributed by atoms with van der Waals surface area (Å²) in [6.45, 7) is 0.202. The van der Waals surface area contributed by atoms with Crippen molar-refractivity contribution in [1.82, 2.24) is 4.98 Å². The number of azide groups is 1. The largest absolute Gasteiger partial charge is 0.244 e. The second-order valence-corrected chi connectivity index (χ2v) is 3.74. The smallest absolute Gasteiger partial charge is 0.132 e. The van der Waals surface area contributed by atoms with Crippen LogP contribution in [0.15, 0.2) is 47.7 Å². The maximum atomic E-state index is 8.37. The first-order valence-electron chi connectivity index (χ1n) is 5.02. The summed E-state index contributed by atoms with van der Waals surface area (Å²) >= 11 is 6.02. The zero-order valence-electron chi connectivity index (χ0n) is 8.92. The van der Waals surface area contributed by atoms with Crippen LogP contribution in [0.3, 0.4) is 0 Å². The topological polar surface area (TPSA) is 61.7 Å². The molecule has 84 valence electrons. The number of nitrogens with zero attached hydrogens (tertiary/aromatic N) is 4. The van der Waals surface area contributed by atoms with Crippen molar-refractivity contribution in [2.24, 2.45) is 5.11 Å². The molecule has 0 aliphatic rings. The molecule has 0 saturated carbocycles. The fourth-order valence-corrected chi connectivity index (χ4v) is 1.83. The van der Waals surface area contributed by atoms with Gasteiger partial charge in [-0.15, -0.1) is 0 Å². The summed E-state index contributed by atoms with van der Waals surface area (Å²) in [7, 11) is 0. The van der Waals surface area contributed by atoms with E-state index in [2.05, 4.69) is 15.0 Å². The van der Waals surface area contributed by atoms with E-state index in [1.807, 2.05) is 36.4 Å². The van der Waals surface area contributed by atoms with Gasteiger partial charge in [-0.05, 0) is 22.7 Å². The summed E-state index contributed by atoms with van der Waals surface area (Å²) in [5, 5.41) is 3.92.